The summed E-state index contributed by atoms with van der Waals surface area (Å²) >= 11 is 0. The molecule has 7 nitrogen and oxygen atoms in total. The molecule has 1 aromatic carbocycles. The molecule has 4 aliphatic carbocycles. The number of nitrogens with one attached hydrogen (secondary N) is 1. The van der Waals surface area contributed by atoms with E-state index in [1.54, 1.807) is 9.21 Å². The number of hydrogen-bond donors (Lipinski definition) is 1. The highest BCUT2D eigenvalue weighted by atomic mass is 32.2. The highest BCUT2D eigenvalue weighted by molar-refractivity contribution is 7.93. The van der Waals surface area contributed by atoms with Crippen LogP contribution in [-0.2, 0) is 20.2 Å². The fourth-order valence-electron chi connectivity index (χ4n) is 7.98. The van der Waals surface area contributed by atoms with E-state index in [0.717, 1.165) is 37.8 Å². The lowest BCUT2D eigenvalue weighted by Crippen LogP contribution is -2.52. The Kier molecular flexibility index (Phi) is 4.83. The average molecular weight is 469 g/mol. The van der Waals surface area contributed by atoms with E-state index in [4.69, 9.17) is 0 Å². The zero-order chi connectivity index (χ0) is 22.8. The third-order valence-corrected chi connectivity index (χ3v) is 11.1. The fraction of sp³-hybridized carbons (Fsp3) is 0.680. The second-order valence-corrected chi connectivity index (χ2v) is 13.1. The molecule has 2 aliphatic heterocycles. The maximum Gasteiger partial charge on any atom is 0.237 e. The van der Waals surface area contributed by atoms with Crippen LogP contribution in [-0.4, -0.2) is 56.2 Å². The van der Waals surface area contributed by atoms with Crippen molar-refractivity contribution in [2.45, 2.75) is 68.4 Å². The molecule has 4 saturated carbocycles. The normalized spacial score (nSPS) is 38.2. The summed E-state index contributed by atoms with van der Waals surface area (Å²) in [5.74, 6) is 1.55. The third kappa shape index (κ3) is 3.30. The molecule has 33 heavy (non-hydrogen) atoms. The van der Waals surface area contributed by atoms with Gasteiger partial charge in [0.15, 0.2) is 0 Å². The Morgan fingerprint density at radius 3 is 2.70 bits per heavy atom. The van der Waals surface area contributed by atoms with E-state index in [9.17, 15) is 18.5 Å². The number of carbonyl (C=O) groups is 1. The molecule has 2 saturated heterocycles. The Morgan fingerprint density at radius 2 is 1.97 bits per heavy atom. The predicted molar refractivity (Wildman–Crippen MR) is 125 cm³/mol. The quantitative estimate of drug-likeness (QED) is 0.717. The van der Waals surface area contributed by atoms with Crippen LogP contribution in [0.1, 0.15) is 56.9 Å². The number of nitriles is 1. The Balaban J connectivity index is 1.19. The molecule has 7 rings (SSSR count). The first-order chi connectivity index (χ1) is 15.8. The molecule has 1 N–H and O–H groups in total. The monoisotopic (exact) mass is 468 g/mol. The molecule has 8 heteroatoms. The Hall–Kier alpha value is -2.11. The van der Waals surface area contributed by atoms with Crippen LogP contribution in [0.3, 0.4) is 0 Å². The topological polar surface area (TPSA) is 93.5 Å². The van der Waals surface area contributed by atoms with Gasteiger partial charge < -0.3 is 10.2 Å². The maximum absolute atomic E-state index is 12.9. The second-order valence-electron chi connectivity index (χ2n) is 11.0. The number of carbonyl (C=O) groups excluding carboxylic acids is 1. The summed E-state index contributed by atoms with van der Waals surface area (Å²) in [6, 6.07) is 10.3. The van der Waals surface area contributed by atoms with Gasteiger partial charge in [0.1, 0.15) is 6.04 Å². The largest absolute Gasteiger partial charge is 0.326 e. The lowest BCUT2D eigenvalue weighted by molar-refractivity contribution is -0.130. The van der Waals surface area contributed by atoms with Gasteiger partial charge in [0.2, 0.25) is 15.9 Å². The van der Waals surface area contributed by atoms with Gasteiger partial charge in [-0.2, -0.15) is 5.26 Å². The van der Waals surface area contributed by atoms with Crippen LogP contribution in [0.15, 0.2) is 24.3 Å². The van der Waals surface area contributed by atoms with E-state index in [2.05, 4.69) is 23.5 Å². The predicted octanol–water partition coefficient (Wildman–Crippen LogP) is 2.53. The zero-order valence-electron chi connectivity index (χ0n) is 19.0. The molecule has 1 amide bonds. The number of sulfonamides is 1. The minimum absolute atomic E-state index is 0.0113. The van der Waals surface area contributed by atoms with E-state index in [0.29, 0.717) is 37.9 Å². The van der Waals surface area contributed by atoms with Crippen molar-refractivity contribution >= 4 is 21.6 Å². The second kappa shape index (κ2) is 7.44. The van der Waals surface area contributed by atoms with E-state index >= 15 is 0 Å². The first-order valence-electron chi connectivity index (χ1n) is 12.4. The highest BCUT2D eigenvalue weighted by Crippen LogP contribution is 2.66. The molecule has 0 radical (unpaired) electrons. The summed E-state index contributed by atoms with van der Waals surface area (Å²) in [4.78, 5) is 14.6. The third-order valence-electron chi connectivity index (χ3n) is 9.20. The number of nitrogens with zero attached hydrogens (tertiary/aromatic N) is 3. The number of rotatable bonds is 5. The summed E-state index contributed by atoms with van der Waals surface area (Å²) in [7, 11) is -3.16. The van der Waals surface area contributed by atoms with Crippen molar-refractivity contribution in [3.8, 4) is 6.07 Å². The molecule has 1 aromatic rings. The number of amides is 1. The zero-order valence-corrected chi connectivity index (χ0v) is 19.8. The maximum atomic E-state index is 12.9. The molecule has 2 heterocycles. The highest BCUT2D eigenvalue weighted by Gasteiger charge is 2.64. The van der Waals surface area contributed by atoms with Crippen molar-refractivity contribution in [1.82, 2.24) is 10.2 Å². The summed E-state index contributed by atoms with van der Waals surface area (Å²) in [6.45, 7) is 1.59. The average Bonchev–Trinajstić information content (AvgIpc) is 3.52. The van der Waals surface area contributed by atoms with Crippen LogP contribution < -0.4 is 9.62 Å². The molecule has 176 valence electrons. The van der Waals surface area contributed by atoms with E-state index < -0.39 is 10.0 Å². The first-order valence-corrected chi connectivity index (χ1v) is 14.0. The van der Waals surface area contributed by atoms with Gasteiger partial charge >= 0.3 is 0 Å². The van der Waals surface area contributed by atoms with Crippen molar-refractivity contribution in [3.63, 3.8) is 0 Å². The van der Waals surface area contributed by atoms with Crippen LogP contribution >= 0.6 is 0 Å². The summed E-state index contributed by atoms with van der Waals surface area (Å²) < 4.78 is 26.1. The summed E-state index contributed by atoms with van der Waals surface area (Å²) in [5, 5.41) is 13.0. The SMILES string of the molecule is N#CC1CCCN1C(=O)CNC12CC3CC1C[C@@](c1ccc(N4CCCS4(=O)=O)cc1)(C3)C2. The van der Waals surface area contributed by atoms with Crippen molar-refractivity contribution < 1.29 is 13.2 Å². The van der Waals surface area contributed by atoms with Crippen molar-refractivity contribution in [2.24, 2.45) is 11.8 Å². The molecular formula is C25H32N4O3S. The van der Waals surface area contributed by atoms with Crippen LogP contribution in [0.5, 0.6) is 0 Å². The van der Waals surface area contributed by atoms with Gasteiger partial charge in [-0.05, 0) is 86.3 Å². The lowest BCUT2D eigenvalue weighted by atomic mass is 9.65. The molecule has 0 aromatic heterocycles. The smallest absolute Gasteiger partial charge is 0.237 e. The standard InChI is InChI=1S/C25H32N4O3S/c26-15-22-3-1-8-28(22)23(30)16-27-25-13-18-11-20(25)14-24(12-18,17-25)19-4-6-21(7-5-19)29-9-2-10-33(29,31)32/h4-7,18,20,22,27H,1-3,8-14,16-17H2/t18?,20?,22?,24-,25?/m0/s1. The number of anilines is 1. The van der Waals surface area contributed by atoms with Crippen LogP contribution in [0.4, 0.5) is 5.69 Å². The Bertz CT molecular complexity index is 1110. The van der Waals surface area contributed by atoms with Crippen molar-refractivity contribution in [2.75, 3.05) is 29.7 Å². The van der Waals surface area contributed by atoms with Crippen molar-refractivity contribution in [3.05, 3.63) is 29.8 Å². The molecule has 0 spiro atoms. The van der Waals surface area contributed by atoms with Crippen molar-refractivity contribution in [1.29, 1.82) is 5.26 Å². The van der Waals surface area contributed by atoms with Gasteiger partial charge in [-0.25, -0.2) is 8.42 Å². The van der Waals surface area contributed by atoms with E-state index in [-0.39, 0.29) is 28.7 Å². The molecule has 4 unspecified atom stereocenters. The van der Waals surface area contributed by atoms with E-state index in [1.807, 2.05) is 12.1 Å². The lowest BCUT2D eigenvalue weighted by Gasteiger charge is -2.42. The number of hydrogen-bond acceptors (Lipinski definition) is 5. The minimum atomic E-state index is -3.16. The van der Waals surface area contributed by atoms with Gasteiger partial charge in [-0.3, -0.25) is 9.10 Å². The van der Waals surface area contributed by atoms with Gasteiger partial charge in [0.05, 0.1) is 24.1 Å². The van der Waals surface area contributed by atoms with Gasteiger partial charge in [0, 0.05) is 18.6 Å². The molecule has 6 fully saturated rings. The van der Waals surface area contributed by atoms with Crippen LogP contribution in [0, 0.1) is 23.2 Å². The Morgan fingerprint density at radius 1 is 1.15 bits per heavy atom. The Labute approximate surface area is 196 Å². The summed E-state index contributed by atoms with van der Waals surface area (Å²) in [5.41, 5.74) is 2.22. The molecule has 6 aliphatic rings. The van der Waals surface area contributed by atoms with Gasteiger partial charge in [0.25, 0.3) is 0 Å². The number of benzene rings is 1. The molecule has 4 bridgehead atoms. The van der Waals surface area contributed by atoms with E-state index in [1.165, 1.54) is 18.4 Å². The van der Waals surface area contributed by atoms with Gasteiger partial charge in [-0.1, -0.05) is 12.1 Å². The minimum Gasteiger partial charge on any atom is -0.326 e. The van der Waals surface area contributed by atoms with Crippen LogP contribution in [0.2, 0.25) is 0 Å². The van der Waals surface area contributed by atoms with Crippen LogP contribution in [0.25, 0.3) is 0 Å². The molecular weight excluding hydrogens is 436 g/mol. The fourth-order valence-corrected chi connectivity index (χ4v) is 9.54. The molecule has 5 atom stereocenters. The number of likely N-dealkylation sites (tertiary alicyclic amines) is 1. The van der Waals surface area contributed by atoms with Gasteiger partial charge in [-0.15, -0.1) is 0 Å². The first kappa shape index (κ1) is 21.4. The summed E-state index contributed by atoms with van der Waals surface area (Å²) in [6.07, 6.45) is 8.12.